The summed E-state index contributed by atoms with van der Waals surface area (Å²) in [5.74, 6) is 0.367. The number of carbonyl (C=O) groups excluding carboxylic acids is 1. The highest BCUT2D eigenvalue weighted by molar-refractivity contribution is 7.89. The summed E-state index contributed by atoms with van der Waals surface area (Å²) in [7, 11) is -3.18. The fourth-order valence-corrected chi connectivity index (χ4v) is 6.98. The average Bonchev–Trinajstić information content (AvgIpc) is 3.43. The molecule has 1 aromatic rings. The Bertz CT molecular complexity index is 818. The monoisotopic (exact) mass is 439 g/mol. The first-order valence-corrected chi connectivity index (χ1v) is 13.5. The zero-order valence-electron chi connectivity index (χ0n) is 17.5. The normalized spacial score (nSPS) is 22.9. The number of piperidine rings is 1. The smallest absolute Gasteiger partial charge is 0.273 e. The molecule has 0 aromatic carbocycles. The van der Waals surface area contributed by atoms with Crippen molar-refractivity contribution < 1.29 is 13.2 Å². The minimum atomic E-state index is -3.18. The van der Waals surface area contributed by atoms with E-state index in [0.29, 0.717) is 30.9 Å². The van der Waals surface area contributed by atoms with E-state index in [0.717, 1.165) is 43.5 Å². The molecule has 8 heteroatoms. The summed E-state index contributed by atoms with van der Waals surface area (Å²) in [5, 5.41) is 2.54. The van der Waals surface area contributed by atoms with E-state index in [9.17, 15) is 13.2 Å². The Morgan fingerprint density at radius 1 is 1.07 bits per heavy atom. The number of nitrogens with zero attached hydrogens (tertiary/aromatic N) is 3. The molecule has 1 amide bonds. The van der Waals surface area contributed by atoms with Gasteiger partial charge >= 0.3 is 0 Å². The quantitative estimate of drug-likeness (QED) is 0.672. The molecular formula is C21H33N3O3S2. The van der Waals surface area contributed by atoms with Crippen LogP contribution in [-0.2, 0) is 10.0 Å². The molecule has 0 radical (unpaired) electrons. The Morgan fingerprint density at radius 3 is 2.28 bits per heavy atom. The van der Waals surface area contributed by atoms with Gasteiger partial charge in [0.25, 0.3) is 5.91 Å². The number of sulfonamides is 1. The maximum Gasteiger partial charge on any atom is 0.273 e. The molecule has 3 fully saturated rings. The van der Waals surface area contributed by atoms with Crippen molar-refractivity contribution in [1.82, 2.24) is 14.2 Å². The molecule has 0 atom stereocenters. The van der Waals surface area contributed by atoms with Gasteiger partial charge in [-0.2, -0.15) is 0 Å². The van der Waals surface area contributed by atoms with Crippen LogP contribution in [-0.4, -0.2) is 58.9 Å². The molecule has 0 unspecified atom stereocenters. The molecule has 0 spiro atoms. The van der Waals surface area contributed by atoms with E-state index in [1.165, 1.54) is 19.3 Å². The van der Waals surface area contributed by atoms with Crippen molar-refractivity contribution in [2.24, 2.45) is 0 Å². The summed E-state index contributed by atoms with van der Waals surface area (Å²) in [6.45, 7) is 4.56. The first kappa shape index (κ1) is 21.2. The number of rotatable bonds is 6. The summed E-state index contributed by atoms with van der Waals surface area (Å²) < 4.78 is 26.4. The van der Waals surface area contributed by atoms with Crippen LogP contribution in [0.2, 0.25) is 0 Å². The van der Waals surface area contributed by atoms with E-state index >= 15 is 0 Å². The van der Waals surface area contributed by atoms with Crippen LogP contribution >= 0.6 is 11.3 Å². The Hall–Kier alpha value is -0.990. The van der Waals surface area contributed by atoms with Gasteiger partial charge in [-0.3, -0.25) is 4.79 Å². The molecule has 0 bridgehead atoms. The summed E-state index contributed by atoms with van der Waals surface area (Å²) in [6.07, 6.45) is 9.80. The van der Waals surface area contributed by atoms with Crippen LogP contribution in [0.1, 0.15) is 93.0 Å². The number of thiazole rings is 1. The largest absolute Gasteiger partial charge is 0.331 e. The lowest BCUT2D eigenvalue weighted by Crippen LogP contribution is -2.43. The second kappa shape index (κ2) is 8.63. The van der Waals surface area contributed by atoms with Gasteiger partial charge in [-0.15, -0.1) is 11.3 Å². The van der Waals surface area contributed by atoms with Gasteiger partial charge in [-0.1, -0.05) is 19.3 Å². The number of hydrogen-bond acceptors (Lipinski definition) is 5. The van der Waals surface area contributed by atoms with Crippen molar-refractivity contribution in [1.29, 1.82) is 0 Å². The van der Waals surface area contributed by atoms with E-state index in [2.05, 4.69) is 4.90 Å². The zero-order valence-corrected chi connectivity index (χ0v) is 19.2. The highest BCUT2D eigenvalue weighted by Gasteiger charge is 2.39. The van der Waals surface area contributed by atoms with Gasteiger partial charge in [0.15, 0.2) is 0 Å². The van der Waals surface area contributed by atoms with Crippen LogP contribution in [0, 0.1) is 0 Å². The molecule has 6 nitrogen and oxygen atoms in total. The Balaban J connectivity index is 1.41. The Labute approximate surface area is 178 Å². The number of aromatic nitrogens is 1. The standard InChI is InChI=1S/C21H33N3O3S2/c1-15(2)29(26,27)23-12-10-16(11-13-23)20-22-19(14-28-20)21(25)24(18-8-9-18)17-6-4-3-5-7-17/h14-18H,3-13H2,1-2H3. The van der Waals surface area contributed by atoms with E-state index in [-0.39, 0.29) is 17.1 Å². The number of amides is 1. The van der Waals surface area contributed by atoms with E-state index in [1.54, 1.807) is 29.5 Å². The van der Waals surface area contributed by atoms with Gasteiger partial charge in [0.2, 0.25) is 10.0 Å². The highest BCUT2D eigenvalue weighted by Crippen LogP contribution is 2.36. The van der Waals surface area contributed by atoms with Gasteiger partial charge < -0.3 is 4.90 Å². The fourth-order valence-electron chi connectivity index (χ4n) is 4.70. The van der Waals surface area contributed by atoms with Gasteiger partial charge in [-0.05, 0) is 52.4 Å². The van der Waals surface area contributed by atoms with Crippen LogP contribution in [0.25, 0.3) is 0 Å². The first-order chi connectivity index (χ1) is 13.9. The number of carbonyl (C=O) groups is 1. The molecule has 1 aliphatic heterocycles. The predicted octanol–water partition coefficient (Wildman–Crippen LogP) is 4.00. The second-order valence-corrected chi connectivity index (χ2v) is 12.5. The summed E-state index contributed by atoms with van der Waals surface area (Å²) in [5.41, 5.74) is 0.597. The highest BCUT2D eigenvalue weighted by atomic mass is 32.2. The summed E-state index contributed by atoms with van der Waals surface area (Å²) >= 11 is 1.57. The SMILES string of the molecule is CC(C)S(=O)(=O)N1CCC(c2nc(C(=O)N(C3CCCCC3)C3CC3)cs2)CC1. The minimum Gasteiger partial charge on any atom is -0.331 e. The van der Waals surface area contributed by atoms with Crippen molar-refractivity contribution in [3.05, 3.63) is 16.1 Å². The molecule has 2 heterocycles. The Kier molecular flexibility index (Phi) is 6.33. The third-order valence-electron chi connectivity index (χ3n) is 6.64. The van der Waals surface area contributed by atoms with Crippen LogP contribution < -0.4 is 0 Å². The predicted molar refractivity (Wildman–Crippen MR) is 116 cm³/mol. The number of hydrogen-bond donors (Lipinski definition) is 0. The van der Waals surface area contributed by atoms with Crippen LogP contribution in [0.4, 0.5) is 0 Å². The lowest BCUT2D eigenvalue weighted by Gasteiger charge is -2.34. The summed E-state index contributed by atoms with van der Waals surface area (Å²) in [6, 6.07) is 0.804. The van der Waals surface area contributed by atoms with Crippen LogP contribution in [0.3, 0.4) is 0 Å². The van der Waals surface area contributed by atoms with Gasteiger partial charge in [0.1, 0.15) is 5.69 Å². The maximum atomic E-state index is 13.3. The molecule has 162 valence electrons. The first-order valence-electron chi connectivity index (χ1n) is 11.1. The molecular weight excluding hydrogens is 406 g/mol. The zero-order chi connectivity index (χ0) is 20.6. The molecule has 0 N–H and O–H groups in total. The summed E-state index contributed by atoms with van der Waals surface area (Å²) in [4.78, 5) is 20.2. The third-order valence-corrected chi connectivity index (χ3v) is 9.93. The van der Waals surface area contributed by atoms with Crippen molar-refractivity contribution in [3.8, 4) is 0 Å². The molecule has 29 heavy (non-hydrogen) atoms. The van der Waals surface area contributed by atoms with Crippen LogP contribution in [0.15, 0.2) is 5.38 Å². The fraction of sp³-hybridized carbons (Fsp3) is 0.810. The third kappa shape index (κ3) is 4.54. The van der Waals surface area contributed by atoms with Gasteiger partial charge in [0.05, 0.1) is 10.3 Å². The maximum absolute atomic E-state index is 13.3. The van der Waals surface area contributed by atoms with Gasteiger partial charge in [0, 0.05) is 36.5 Å². The van der Waals surface area contributed by atoms with Crippen molar-refractivity contribution >= 4 is 27.3 Å². The topological polar surface area (TPSA) is 70.6 Å². The van der Waals surface area contributed by atoms with Crippen molar-refractivity contribution in [3.63, 3.8) is 0 Å². The minimum absolute atomic E-state index is 0.113. The van der Waals surface area contributed by atoms with Crippen molar-refractivity contribution in [2.45, 2.75) is 94.9 Å². The van der Waals surface area contributed by atoms with E-state index < -0.39 is 10.0 Å². The van der Waals surface area contributed by atoms with E-state index in [1.807, 2.05) is 5.38 Å². The van der Waals surface area contributed by atoms with Crippen molar-refractivity contribution in [2.75, 3.05) is 13.1 Å². The molecule has 4 rings (SSSR count). The Morgan fingerprint density at radius 2 is 1.69 bits per heavy atom. The van der Waals surface area contributed by atoms with Crippen LogP contribution in [0.5, 0.6) is 0 Å². The molecule has 2 aliphatic carbocycles. The lowest BCUT2D eigenvalue weighted by atomic mass is 9.94. The van der Waals surface area contributed by atoms with Gasteiger partial charge in [-0.25, -0.2) is 17.7 Å². The molecule has 2 saturated carbocycles. The molecule has 1 saturated heterocycles. The second-order valence-electron chi connectivity index (χ2n) is 9.07. The average molecular weight is 440 g/mol. The molecule has 3 aliphatic rings. The van der Waals surface area contributed by atoms with E-state index in [4.69, 9.17) is 4.98 Å². The lowest BCUT2D eigenvalue weighted by molar-refractivity contribution is 0.0608. The molecule has 1 aromatic heterocycles.